The Morgan fingerprint density at radius 3 is 2.68 bits per heavy atom. The molecule has 28 heavy (non-hydrogen) atoms. The van der Waals surface area contributed by atoms with Gasteiger partial charge >= 0.3 is 0 Å². The largest absolute Gasteiger partial charge is 0.450 e. The maximum absolute atomic E-state index is 13.4. The molecule has 5 nitrogen and oxygen atoms in total. The van der Waals surface area contributed by atoms with Crippen molar-refractivity contribution in [2.75, 3.05) is 27.2 Å². The average Bonchev–Trinajstić information content (AvgIpc) is 2.93. The summed E-state index contributed by atoms with van der Waals surface area (Å²) in [5.41, 5.74) is 1.37. The Morgan fingerprint density at radius 2 is 1.96 bits per heavy atom. The molecule has 1 amide bonds. The van der Waals surface area contributed by atoms with Crippen molar-refractivity contribution in [3.8, 4) is 0 Å². The van der Waals surface area contributed by atoms with Crippen LogP contribution in [0.25, 0.3) is 11.0 Å². The number of carbonyl (C=O) groups excluding carboxylic acids is 1. The van der Waals surface area contributed by atoms with E-state index >= 15 is 0 Å². The number of rotatable bonds is 4. The fourth-order valence-electron chi connectivity index (χ4n) is 3.55. The summed E-state index contributed by atoms with van der Waals surface area (Å²) < 4.78 is 6.78. The minimum atomic E-state index is -0.500. The molecular weight excluding hydrogens is 444 g/mol. The van der Waals surface area contributed by atoms with E-state index in [1.165, 1.54) is 0 Å². The molecule has 0 bridgehead atoms. The van der Waals surface area contributed by atoms with Crippen LogP contribution in [0.4, 0.5) is 0 Å². The molecule has 2 aromatic carbocycles. The Labute approximate surface area is 175 Å². The summed E-state index contributed by atoms with van der Waals surface area (Å²) in [7, 11) is 3.89. The van der Waals surface area contributed by atoms with Crippen molar-refractivity contribution in [2.24, 2.45) is 0 Å². The number of nitrogens with zero attached hydrogens (tertiary/aromatic N) is 2. The Balaban J connectivity index is 1.96. The molecule has 144 valence electrons. The lowest BCUT2D eigenvalue weighted by Crippen LogP contribution is -2.35. The van der Waals surface area contributed by atoms with E-state index in [2.05, 4.69) is 15.9 Å². The minimum Gasteiger partial charge on any atom is -0.450 e. The van der Waals surface area contributed by atoms with Crippen LogP contribution >= 0.6 is 27.5 Å². The van der Waals surface area contributed by atoms with E-state index in [-0.39, 0.29) is 17.1 Å². The van der Waals surface area contributed by atoms with E-state index in [9.17, 15) is 9.59 Å². The van der Waals surface area contributed by atoms with Gasteiger partial charge in [-0.05, 0) is 50.0 Å². The van der Waals surface area contributed by atoms with Crippen molar-refractivity contribution in [2.45, 2.75) is 6.04 Å². The van der Waals surface area contributed by atoms with Gasteiger partial charge in [0.25, 0.3) is 5.91 Å². The maximum atomic E-state index is 13.4. The third kappa shape index (κ3) is 3.26. The van der Waals surface area contributed by atoms with Gasteiger partial charge in [0, 0.05) is 22.6 Å². The third-order valence-electron chi connectivity index (χ3n) is 4.88. The highest BCUT2D eigenvalue weighted by atomic mass is 79.9. The Morgan fingerprint density at radius 1 is 1.18 bits per heavy atom. The van der Waals surface area contributed by atoms with Crippen LogP contribution < -0.4 is 5.43 Å². The van der Waals surface area contributed by atoms with Gasteiger partial charge in [-0.1, -0.05) is 39.7 Å². The monoisotopic (exact) mass is 460 g/mol. The van der Waals surface area contributed by atoms with Crippen LogP contribution in [-0.4, -0.2) is 42.9 Å². The van der Waals surface area contributed by atoms with Crippen LogP contribution in [0.5, 0.6) is 0 Å². The average molecular weight is 462 g/mol. The molecule has 0 fully saturated rings. The molecule has 0 radical (unpaired) electrons. The zero-order valence-corrected chi connectivity index (χ0v) is 17.8. The smallest absolute Gasteiger partial charge is 0.290 e. The van der Waals surface area contributed by atoms with Crippen LogP contribution in [-0.2, 0) is 0 Å². The van der Waals surface area contributed by atoms with Crippen molar-refractivity contribution in [1.29, 1.82) is 0 Å². The van der Waals surface area contributed by atoms with Crippen molar-refractivity contribution >= 4 is 44.4 Å². The van der Waals surface area contributed by atoms with Crippen molar-refractivity contribution in [1.82, 2.24) is 9.80 Å². The lowest BCUT2D eigenvalue weighted by atomic mass is 9.98. The Hall–Kier alpha value is -2.15. The lowest BCUT2D eigenvalue weighted by molar-refractivity contribution is 0.0716. The molecule has 1 aliphatic heterocycles. The predicted molar refractivity (Wildman–Crippen MR) is 113 cm³/mol. The molecule has 4 rings (SSSR count). The van der Waals surface area contributed by atoms with Crippen LogP contribution in [0.2, 0.25) is 5.02 Å². The summed E-state index contributed by atoms with van der Waals surface area (Å²) in [6, 6.07) is 12.0. The van der Waals surface area contributed by atoms with Crippen molar-refractivity contribution in [3.05, 3.63) is 79.1 Å². The minimum absolute atomic E-state index is 0.114. The van der Waals surface area contributed by atoms with Gasteiger partial charge in [-0.3, -0.25) is 9.59 Å². The molecule has 7 heteroatoms. The molecular formula is C21H18BrClN2O3. The number of likely N-dealkylation sites (N-methyl/N-ethyl adjacent to an activating group) is 1. The second-order valence-electron chi connectivity index (χ2n) is 7.07. The molecule has 0 spiro atoms. The first-order chi connectivity index (χ1) is 13.4. The molecule has 0 saturated carbocycles. The van der Waals surface area contributed by atoms with Crippen LogP contribution in [0, 0.1) is 0 Å². The van der Waals surface area contributed by atoms with Crippen LogP contribution in [0.1, 0.15) is 27.7 Å². The first kappa shape index (κ1) is 19.2. The van der Waals surface area contributed by atoms with Gasteiger partial charge in [-0.15, -0.1) is 0 Å². The van der Waals surface area contributed by atoms with Gasteiger partial charge in [0.05, 0.1) is 17.0 Å². The summed E-state index contributed by atoms with van der Waals surface area (Å²) >= 11 is 9.57. The fourth-order valence-corrected chi connectivity index (χ4v) is 4.14. The van der Waals surface area contributed by atoms with Crippen molar-refractivity contribution < 1.29 is 9.21 Å². The highest BCUT2D eigenvalue weighted by molar-refractivity contribution is 9.10. The third-order valence-corrected chi connectivity index (χ3v) is 5.61. The molecule has 3 aromatic rings. The Kier molecular flexibility index (Phi) is 5.04. The number of carbonyl (C=O) groups is 1. The lowest BCUT2D eigenvalue weighted by Gasteiger charge is -2.26. The second kappa shape index (κ2) is 7.35. The molecule has 0 saturated heterocycles. The first-order valence-corrected chi connectivity index (χ1v) is 10.0. The van der Waals surface area contributed by atoms with E-state index in [1.54, 1.807) is 23.1 Å². The van der Waals surface area contributed by atoms with Gasteiger partial charge in [0.15, 0.2) is 5.43 Å². The number of fused-ring (bicyclic) bond motifs is 2. The van der Waals surface area contributed by atoms with Gasteiger partial charge in [0.2, 0.25) is 5.76 Å². The summed E-state index contributed by atoms with van der Waals surface area (Å²) in [5.74, 6) is -0.153. The SMILES string of the molecule is CN(C)CCN1C(=O)c2oc3ccc(Cl)cc3c(=O)c2[C@@H]1c1cccc(Br)c1. The standard InChI is InChI=1S/C21H18BrClN2O3/c1-24(2)8-9-25-18(12-4-3-5-13(22)10-12)17-19(26)15-11-14(23)6-7-16(15)28-20(17)21(25)27/h3-7,10-11,18H,8-9H2,1-2H3/t18-/m0/s1. The highest BCUT2D eigenvalue weighted by Crippen LogP contribution is 2.38. The van der Waals surface area contributed by atoms with E-state index < -0.39 is 6.04 Å². The van der Waals surface area contributed by atoms with Gasteiger partial charge < -0.3 is 14.2 Å². The molecule has 1 aromatic heterocycles. The summed E-state index contributed by atoms with van der Waals surface area (Å²) in [6.07, 6.45) is 0. The summed E-state index contributed by atoms with van der Waals surface area (Å²) in [5, 5.41) is 0.834. The number of benzene rings is 2. The number of halogens is 2. The molecule has 2 heterocycles. The van der Waals surface area contributed by atoms with Crippen LogP contribution in [0.3, 0.4) is 0 Å². The van der Waals surface area contributed by atoms with Crippen LogP contribution in [0.15, 0.2) is 56.1 Å². The van der Waals surface area contributed by atoms with E-state index in [0.717, 1.165) is 10.0 Å². The number of amides is 1. The predicted octanol–water partition coefficient (Wildman–Crippen LogP) is 4.32. The molecule has 0 N–H and O–H groups in total. The van der Waals surface area contributed by atoms with Gasteiger partial charge in [0.1, 0.15) is 5.58 Å². The van der Waals surface area contributed by atoms with E-state index in [1.807, 2.05) is 43.3 Å². The summed E-state index contributed by atoms with van der Waals surface area (Å²) in [6.45, 7) is 1.15. The maximum Gasteiger partial charge on any atom is 0.290 e. The zero-order valence-electron chi connectivity index (χ0n) is 15.4. The Bertz CT molecular complexity index is 1140. The molecule has 1 atom stereocenters. The van der Waals surface area contributed by atoms with Gasteiger partial charge in [-0.25, -0.2) is 0 Å². The first-order valence-electron chi connectivity index (χ1n) is 8.84. The zero-order chi connectivity index (χ0) is 20.0. The van der Waals surface area contributed by atoms with E-state index in [0.29, 0.717) is 34.6 Å². The molecule has 1 aliphatic rings. The second-order valence-corrected chi connectivity index (χ2v) is 8.43. The fraction of sp³-hybridized carbons (Fsp3) is 0.238. The number of hydrogen-bond donors (Lipinski definition) is 0. The number of hydrogen-bond acceptors (Lipinski definition) is 4. The topological polar surface area (TPSA) is 53.8 Å². The highest BCUT2D eigenvalue weighted by Gasteiger charge is 2.42. The quantitative estimate of drug-likeness (QED) is 0.581. The normalized spacial score (nSPS) is 16.2. The van der Waals surface area contributed by atoms with Crippen molar-refractivity contribution in [3.63, 3.8) is 0 Å². The van der Waals surface area contributed by atoms with E-state index in [4.69, 9.17) is 16.0 Å². The van der Waals surface area contributed by atoms with Gasteiger partial charge in [-0.2, -0.15) is 0 Å². The molecule has 0 unspecified atom stereocenters. The molecule has 0 aliphatic carbocycles. The summed E-state index contributed by atoms with van der Waals surface area (Å²) in [4.78, 5) is 30.2.